The quantitative estimate of drug-likeness (QED) is 0.888. The lowest BCUT2D eigenvalue weighted by atomic mass is 9.76. The van der Waals surface area contributed by atoms with Crippen molar-refractivity contribution in [2.24, 2.45) is 5.92 Å². The Balaban J connectivity index is 2.20. The second-order valence-electron chi connectivity index (χ2n) is 5.55. The van der Waals surface area contributed by atoms with Crippen molar-refractivity contribution in [3.05, 3.63) is 34.3 Å². The maximum Gasteiger partial charge on any atom is 0.329 e. The highest BCUT2D eigenvalue weighted by atomic mass is 79.9. The third-order valence-corrected chi connectivity index (χ3v) is 4.34. The molecule has 1 fully saturated rings. The largest absolute Gasteiger partial charge is 0.480 e. The summed E-state index contributed by atoms with van der Waals surface area (Å²) in [4.78, 5) is 23.9. The minimum atomic E-state index is -1.13. The first-order valence-corrected chi connectivity index (χ1v) is 7.54. The summed E-state index contributed by atoms with van der Waals surface area (Å²) < 4.78 is 0.798. The summed E-state index contributed by atoms with van der Waals surface area (Å²) in [6.45, 7) is 2.03. The molecule has 0 heterocycles. The Labute approximate surface area is 126 Å². The molecule has 2 atom stereocenters. The summed E-state index contributed by atoms with van der Waals surface area (Å²) in [7, 11) is 0. The van der Waals surface area contributed by atoms with Crippen LogP contribution in [0.1, 0.15) is 43.0 Å². The molecule has 1 aliphatic carbocycles. The van der Waals surface area contributed by atoms with Crippen molar-refractivity contribution in [3.63, 3.8) is 0 Å². The van der Waals surface area contributed by atoms with E-state index in [1.54, 1.807) is 18.2 Å². The van der Waals surface area contributed by atoms with Crippen LogP contribution in [0.4, 0.5) is 0 Å². The number of carbonyl (C=O) groups is 2. The first kappa shape index (κ1) is 15.0. The van der Waals surface area contributed by atoms with Crippen LogP contribution in [0.2, 0.25) is 0 Å². The number of aliphatic carboxylic acids is 1. The van der Waals surface area contributed by atoms with Gasteiger partial charge in [0.2, 0.25) is 0 Å². The molecule has 2 rings (SSSR count). The standard InChI is InChI=1S/C15H18BrNO3/c1-10-4-3-7-15(9-10,14(19)20)17-13(18)11-5-2-6-12(16)8-11/h2,5-6,8,10H,3-4,7,9H2,1H3,(H,17,18)(H,19,20). The van der Waals surface area contributed by atoms with Crippen LogP contribution in [0.25, 0.3) is 0 Å². The first-order valence-electron chi connectivity index (χ1n) is 6.74. The number of amides is 1. The van der Waals surface area contributed by atoms with Gasteiger partial charge in [0.25, 0.3) is 5.91 Å². The minimum absolute atomic E-state index is 0.308. The predicted octanol–water partition coefficient (Wildman–Crippen LogP) is 3.21. The van der Waals surface area contributed by atoms with E-state index in [4.69, 9.17) is 0 Å². The van der Waals surface area contributed by atoms with Gasteiger partial charge in [-0.05, 0) is 37.0 Å². The van der Waals surface area contributed by atoms with E-state index in [0.29, 0.717) is 24.3 Å². The number of benzene rings is 1. The molecular weight excluding hydrogens is 322 g/mol. The van der Waals surface area contributed by atoms with Crippen molar-refractivity contribution >= 4 is 27.8 Å². The molecule has 0 spiro atoms. The minimum Gasteiger partial charge on any atom is -0.480 e. The molecule has 0 aliphatic heterocycles. The molecular formula is C15H18BrNO3. The van der Waals surface area contributed by atoms with Crippen molar-refractivity contribution in [2.45, 2.75) is 38.1 Å². The second-order valence-corrected chi connectivity index (χ2v) is 6.47. The van der Waals surface area contributed by atoms with E-state index in [2.05, 4.69) is 21.2 Å². The SMILES string of the molecule is CC1CCCC(NC(=O)c2cccc(Br)c2)(C(=O)O)C1. The number of carboxylic acids is 1. The van der Waals surface area contributed by atoms with E-state index in [0.717, 1.165) is 17.3 Å². The smallest absolute Gasteiger partial charge is 0.329 e. The van der Waals surface area contributed by atoms with Crippen LogP contribution in [0.3, 0.4) is 0 Å². The molecule has 1 aliphatic rings. The van der Waals surface area contributed by atoms with Crippen molar-refractivity contribution in [2.75, 3.05) is 0 Å². The van der Waals surface area contributed by atoms with Gasteiger partial charge in [-0.15, -0.1) is 0 Å². The molecule has 2 unspecified atom stereocenters. The maximum atomic E-state index is 12.3. The van der Waals surface area contributed by atoms with Gasteiger partial charge in [0.15, 0.2) is 0 Å². The Morgan fingerprint density at radius 2 is 2.20 bits per heavy atom. The highest BCUT2D eigenvalue weighted by Gasteiger charge is 2.43. The van der Waals surface area contributed by atoms with Crippen LogP contribution in [-0.4, -0.2) is 22.5 Å². The average molecular weight is 340 g/mol. The third kappa shape index (κ3) is 3.20. The summed E-state index contributed by atoms with van der Waals surface area (Å²) in [5.41, 5.74) is -0.657. The number of nitrogens with one attached hydrogen (secondary N) is 1. The van der Waals surface area contributed by atoms with E-state index in [9.17, 15) is 14.7 Å². The van der Waals surface area contributed by atoms with Crippen LogP contribution >= 0.6 is 15.9 Å². The van der Waals surface area contributed by atoms with Crippen molar-refractivity contribution in [3.8, 4) is 0 Å². The van der Waals surface area contributed by atoms with Gasteiger partial charge >= 0.3 is 5.97 Å². The van der Waals surface area contributed by atoms with Crippen LogP contribution in [0.15, 0.2) is 28.7 Å². The topological polar surface area (TPSA) is 66.4 Å². The third-order valence-electron chi connectivity index (χ3n) is 3.85. The molecule has 4 nitrogen and oxygen atoms in total. The second kappa shape index (κ2) is 5.95. The molecule has 108 valence electrons. The summed E-state index contributed by atoms with van der Waals surface area (Å²) in [5.74, 6) is -0.960. The van der Waals surface area contributed by atoms with Gasteiger partial charge in [0.1, 0.15) is 5.54 Å². The van der Waals surface area contributed by atoms with E-state index in [-0.39, 0.29) is 5.91 Å². The summed E-state index contributed by atoms with van der Waals surface area (Å²) in [6, 6.07) is 6.96. The number of hydrogen-bond donors (Lipinski definition) is 2. The predicted molar refractivity (Wildman–Crippen MR) is 79.6 cm³/mol. The zero-order valence-corrected chi connectivity index (χ0v) is 12.9. The highest BCUT2D eigenvalue weighted by molar-refractivity contribution is 9.10. The van der Waals surface area contributed by atoms with E-state index < -0.39 is 11.5 Å². The van der Waals surface area contributed by atoms with Crippen molar-refractivity contribution in [1.82, 2.24) is 5.32 Å². The van der Waals surface area contributed by atoms with E-state index in [1.165, 1.54) is 0 Å². The van der Waals surface area contributed by atoms with Crippen LogP contribution < -0.4 is 5.32 Å². The molecule has 20 heavy (non-hydrogen) atoms. The maximum absolute atomic E-state index is 12.3. The van der Waals surface area contributed by atoms with Gasteiger partial charge in [-0.1, -0.05) is 41.8 Å². The monoisotopic (exact) mass is 339 g/mol. The lowest BCUT2D eigenvalue weighted by Gasteiger charge is -2.37. The molecule has 0 aromatic heterocycles. The zero-order valence-electron chi connectivity index (χ0n) is 11.4. The fourth-order valence-electron chi connectivity index (χ4n) is 2.83. The fourth-order valence-corrected chi connectivity index (χ4v) is 3.23. The Hall–Kier alpha value is -1.36. The van der Waals surface area contributed by atoms with Gasteiger partial charge in [-0.25, -0.2) is 4.79 Å². The average Bonchev–Trinajstić information content (AvgIpc) is 2.38. The van der Waals surface area contributed by atoms with Gasteiger partial charge in [-0.3, -0.25) is 4.79 Å². The number of carboxylic acid groups (broad SMARTS) is 1. The molecule has 2 N–H and O–H groups in total. The zero-order chi connectivity index (χ0) is 14.8. The Morgan fingerprint density at radius 3 is 2.80 bits per heavy atom. The Kier molecular flexibility index (Phi) is 4.48. The van der Waals surface area contributed by atoms with Crippen molar-refractivity contribution < 1.29 is 14.7 Å². The van der Waals surface area contributed by atoms with Crippen molar-refractivity contribution in [1.29, 1.82) is 0 Å². The van der Waals surface area contributed by atoms with E-state index in [1.807, 2.05) is 13.0 Å². The lowest BCUT2D eigenvalue weighted by Crippen LogP contribution is -2.56. The van der Waals surface area contributed by atoms with Gasteiger partial charge in [0, 0.05) is 10.0 Å². The summed E-state index contributed by atoms with van der Waals surface area (Å²) in [5, 5.41) is 12.3. The van der Waals surface area contributed by atoms with Gasteiger partial charge in [0.05, 0.1) is 0 Å². The molecule has 0 saturated heterocycles. The van der Waals surface area contributed by atoms with Crippen LogP contribution in [-0.2, 0) is 4.79 Å². The fraction of sp³-hybridized carbons (Fsp3) is 0.467. The number of rotatable bonds is 3. The lowest BCUT2D eigenvalue weighted by molar-refractivity contribution is -0.146. The molecule has 0 bridgehead atoms. The Bertz CT molecular complexity index is 532. The Morgan fingerprint density at radius 1 is 1.45 bits per heavy atom. The number of halogens is 1. The first-order chi connectivity index (χ1) is 9.43. The summed E-state index contributed by atoms with van der Waals surface area (Å²) in [6.07, 6.45) is 2.82. The number of hydrogen-bond acceptors (Lipinski definition) is 2. The molecule has 1 saturated carbocycles. The van der Waals surface area contributed by atoms with E-state index >= 15 is 0 Å². The number of carbonyl (C=O) groups excluding carboxylic acids is 1. The molecule has 1 aromatic rings. The van der Waals surface area contributed by atoms with Crippen LogP contribution in [0, 0.1) is 5.92 Å². The van der Waals surface area contributed by atoms with Gasteiger partial charge in [-0.2, -0.15) is 0 Å². The van der Waals surface area contributed by atoms with Crippen LogP contribution in [0.5, 0.6) is 0 Å². The highest BCUT2D eigenvalue weighted by Crippen LogP contribution is 2.33. The molecule has 1 amide bonds. The summed E-state index contributed by atoms with van der Waals surface area (Å²) >= 11 is 3.31. The molecule has 1 aromatic carbocycles. The molecule has 0 radical (unpaired) electrons. The molecule has 5 heteroatoms. The normalized spacial score (nSPS) is 26.0. The van der Waals surface area contributed by atoms with Gasteiger partial charge < -0.3 is 10.4 Å².